The average Bonchev–Trinajstić information content (AvgIpc) is 2.95. The first-order valence-corrected chi connectivity index (χ1v) is 7.10. The second-order valence-corrected chi connectivity index (χ2v) is 5.36. The highest BCUT2D eigenvalue weighted by Gasteiger charge is 2.20. The van der Waals surface area contributed by atoms with Crippen molar-refractivity contribution in [2.45, 2.75) is 13.3 Å². The predicted octanol–water partition coefficient (Wildman–Crippen LogP) is 3.26. The van der Waals surface area contributed by atoms with E-state index in [4.69, 9.17) is 16.3 Å². The monoisotopic (exact) mass is 294 g/mol. The molecule has 20 heavy (non-hydrogen) atoms. The molecule has 0 unspecified atom stereocenters. The summed E-state index contributed by atoms with van der Waals surface area (Å²) in [5.74, 6) is 0.679. The van der Waals surface area contributed by atoms with E-state index in [0.29, 0.717) is 5.56 Å². The van der Waals surface area contributed by atoms with Crippen molar-refractivity contribution in [3.63, 3.8) is 0 Å². The van der Waals surface area contributed by atoms with Gasteiger partial charge in [-0.3, -0.25) is 0 Å². The number of nitrogens with zero attached hydrogens (tertiary/aromatic N) is 2. The molecule has 2 aliphatic heterocycles. The zero-order valence-electron chi connectivity index (χ0n) is 11.3. The van der Waals surface area contributed by atoms with Crippen LogP contribution in [0, 0.1) is 12.7 Å². The maximum absolute atomic E-state index is 13.9. The number of halogens is 2. The number of hydrogen-bond acceptors (Lipinski definition) is 3. The van der Waals surface area contributed by atoms with Gasteiger partial charge in [0.2, 0.25) is 0 Å². The predicted molar refractivity (Wildman–Crippen MR) is 78.6 cm³/mol. The van der Waals surface area contributed by atoms with Gasteiger partial charge in [-0.1, -0.05) is 23.7 Å². The highest BCUT2D eigenvalue weighted by molar-refractivity contribution is 6.30. The zero-order chi connectivity index (χ0) is 14.1. The van der Waals surface area contributed by atoms with Crippen molar-refractivity contribution >= 4 is 23.1 Å². The van der Waals surface area contributed by atoms with Gasteiger partial charge in [-0.15, -0.1) is 0 Å². The SMILES string of the molecule is Cc1c(C2=CCC(N3CCOCC3)=N2)ccc(Cl)c1F. The molecule has 1 saturated heterocycles. The van der Waals surface area contributed by atoms with Gasteiger partial charge in [-0.05, 0) is 18.6 Å². The van der Waals surface area contributed by atoms with Crippen LogP contribution in [0.2, 0.25) is 5.02 Å². The quantitative estimate of drug-likeness (QED) is 0.794. The van der Waals surface area contributed by atoms with E-state index in [9.17, 15) is 4.39 Å². The Balaban J connectivity index is 1.85. The highest BCUT2D eigenvalue weighted by Crippen LogP contribution is 2.30. The second kappa shape index (κ2) is 5.54. The topological polar surface area (TPSA) is 24.8 Å². The van der Waals surface area contributed by atoms with Crippen molar-refractivity contribution in [2.75, 3.05) is 26.3 Å². The van der Waals surface area contributed by atoms with Gasteiger partial charge in [0, 0.05) is 25.1 Å². The number of hydrogen-bond donors (Lipinski definition) is 0. The molecule has 106 valence electrons. The van der Waals surface area contributed by atoms with E-state index >= 15 is 0 Å². The molecule has 0 spiro atoms. The van der Waals surface area contributed by atoms with Crippen LogP contribution in [0.1, 0.15) is 17.5 Å². The van der Waals surface area contributed by atoms with Crippen LogP contribution in [0.5, 0.6) is 0 Å². The molecule has 5 heteroatoms. The Hall–Kier alpha value is -1.39. The third-order valence-corrected chi connectivity index (χ3v) is 4.01. The maximum Gasteiger partial charge on any atom is 0.145 e. The molecule has 0 saturated carbocycles. The third-order valence-electron chi connectivity index (χ3n) is 3.72. The van der Waals surface area contributed by atoms with Crippen molar-refractivity contribution in [1.82, 2.24) is 4.90 Å². The molecule has 0 atom stereocenters. The fourth-order valence-electron chi connectivity index (χ4n) is 2.54. The minimum absolute atomic E-state index is 0.155. The first-order valence-electron chi connectivity index (χ1n) is 6.72. The molecule has 2 aliphatic rings. The van der Waals surface area contributed by atoms with Gasteiger partial charge in [0.15, 0.2) is 0 Å². The van der Waals surface area contributed by atoms with Crippen LogP contribution in [0.15, 0.2) is 23.2 Å². The van der Waals surface area contributed by atoms with Gasteiger partial charge < -0.3 is 9.64 Å². The van der Waals surface area contributed by atoms with Crippen molar-refractivity contribution in [2.24, 2.45) is 4.99 Å². The minimum Gasteiger partial charge on any atom is -0.378 e. The second-order valence-electron chi connectivity index (χ2n) is 4.95. The lowest BCUT2D eigenvalue weighted by Crippen LogP contribution is -2.40. The van der Waals surface area contributed by atoms with Crippen LogP contribution in [-0.4, -0.2) is 37.0 Å². The standard InChI is InChI=1S/C15H16ClFN2O/c1-10-11(2-3-12(16)15(10)17)13-4-5-14(18-13)19-6-8-20-9-7-19/h2-4H,5-9H2,1H3. The van der Waals surface area contributed by atoms with Gasteiger partial charge in [0.1, 0.15) is 11.7 Å². The number of ether oxygens (including phenoxy) is 1. The lowest BCUT2D eigenvalue weighted by molar-refractivity contribution is 0.0676. The molecule has 3 nitrogen and oxygen atoms in total. The first-order chi connectivity index (χ1) is 9.66. The lowest BCUT2D eigenvalue weighted by atomic mass is 10.1. The molecule has 2 heterocycles. The molecule has 3 rings (SSSR count). The molecule has 1 aromatic rings. The van der Waals surface area contributed by atoms with E-state index in [-0.39, 0.29) is 10.8 Å². The van der Waals surface area contributed by atoms with E-state index < -0.39 is 0 Å². The van der Waals surface area contributed by atoms with Gasteiger partial charge in [0.05, 0.1) is 23.9 Å². The molecule has 0 N–H and O–H groups in total. The van der Waals surface area contributed by atoms with Gasteiger partial charge in [-0.2, -0.15) is 0 Å². The molecule has 1 aromatic carbocycles. The summed E-state index contributed by atoms with van der Waals surface area (Å²) in [6.45, 7) is 4.95. The number of aliphatic imine (C=N–C) groups is 1. The van der Waals surface area contributed by atoms with Crippen molar-refractivity contribution in [1.29, 1.82) is 0 Å². The number of rotatable bonds is 1. The number of benzene rings is 1. The first kappa shape index (κ1) is 13.6. The molecule has 0 amide bonds. The van der Waals surface area contributed by atoms with E-state index in [2.05, 4.69) is 9.89 Å². The minimum atomic E-state index is -0.361. The van der Waals surface area contributed by atoms with Crippen LogP contribution in [-0.2, 0) is 4.74 Å². The molecule has 0 aliphatic carbocycles. The Kier molecular flexibility index (Phi) is 3.76. The molecule has 1 fully saturated rings. The van der Waals surface area contributed by atoms with Crippen molar-refractivity contribution in [3.05, 3.63) is 40.2 Å². The largest absolute Gasteiger partial charge is 0.378 e. The summed E-state index contributed by atoms with van der Waals surface area (Å²) in [6.07, 6.45) is 2.83. The van der Waals surface area contributed by atoms with E-state index in [1.165, 1.54) is 0 Å². The smallest absolute Gasteiger partial charge is 0.145 e. The summed E-state index contributed by atoms with van der Waals surface area (Å²) in [7, 11) is 0. The molecular formula is C15H16ClFN2O. The maximum atomic E-state index is 13.9. The summed E-state index contributed by atoms with van der Waals surface area (Å²) < 4.78 is 19.2. The van der Waals surface area contributed by atoms with Crippen LogP contribution < -0.4 is 0 Å². The fraction of sp³-hybridized carbons (Fsp3) is 0.400. The third kappa shape index (κ3) is 2.45. The number of morpholine rings is 1. The highest BCUT2D eigenvalue weighted by atomic mass is 35.5. The van der Waals surface area contributed by atoms with E-state index in [1.54, 1.807) is 13.0 Å². The Labute approximate surface area is 122 Å². The van der Waals surface area contributed by atoms with Crippen LogP contribution in [0.4, 0.5) is 4.39 Å². The summed E-state index contributed by atoms with van der Waals surface area (Å²) in [6, 6.07) is 3.42. The van der Waals surface area contributed by atoms with Gasteiger partial charge in [0.25, 0.3) is 0 Å². The zero-order valence-corrected chi connectivity index (χ0v) is 12.1. The summed E-state index contributed by atoms with van der Waals surface area (Å²) in [5.41, 5.74) is 2.20. The summed E-state index contributed by atoms with van der Waals surface area (Å²) >= 11 is 5.79. The summed E-state index contributed by atoms with van der Waals surface area (Å²) in [5, 5.41) is 0.155. The Morgan fingerprint density at radius 2 is 2.05 bits per heavy atom. The van der Waals surface area contributed by atoms with Crippen LogP contribution in [0.3, 0.4) is 0 Å². The number of amidine groups is 1. The molecular weight excluding hydrogens is 279 g/mol. The van der Waals surface area contributed by atoms with Crippen molar-refractivity contribution < 1.29 is 9.13 Å². The van der Waals surface area contributed by atoms with E-state index in [1.807, 2.05) is 12.1 Å². The lowest BCUT2D eigenvalue weighted by Gasteiger charge is -2.28. The normalized spacial score (nSPS) is 19.1. The Morgan fingerprint density at radius 3 is 2.80 bits per heavy atom. The summed E-state index contributed by atoms with van der Waals surface area (Å²) in [4.78, 5) is 6.88. The molecule has 0 radical (unpaired) electrons. The van der Waals surface area contributed by atoms with Crippen LogP contribution in [0.25, 0.3) is 5.70 Å². The Bertz CT molecular complexity index is 592. The van der Waals surface area contributed by atoms with E-state index in [0.717, 1.165) is 49.8 Å². The van der Waals surface area contributed by atoms with Gasteiger partial charge >= 0.3 is 0 Å². The fourth-order valence-corrected chi connectivity index (χ4v) is 2.74. The average molecular weight is 295 g/mol. The van der Waals surface area contributed by atoms with Crippen LogP contribution >= 0.6 is 11.6 Å². The molecule has 0 bridgehead atoms. The van der Waals surface area contributed by atoms with Gasteiger partial charge in [-0.25, -0.2) is 9.38 Å². The van der Waals surface area contributed by atoms with Crippen molar-refractivity contribution in [3.8, 4) is 0 Å². The Morgan fingerprint density at radius 1 is 1.30 bits per heavy atom. The molecule has 0 aromatic heterocycles.